The maximum absolute atomic E-state index is 13.5. The van der Waals surface area contributed by atoms with Crippen LogP contribution < -0.4 is 34.7 Å². The summed E-state index contributed by atoms with van der Waals surface area (Å²) in [6.45, 7) is 12.3. The van der Waals surface area contributed by atoms with Crippen LogP contribution in [-0.4, -0.2) is 74.2 Å². The fourth-order valence-corrected chi connectivity index (χ4v) is 10.5. The Kier molecular flexibility index (Phi) is 13.4. The summed E-state index contributed by atoms with van der Waals surface area (Å²) in [6.07, 6.45) is 5.00. The number of aryl methyl sites for hydroxylation is 1. The number of benzene rings is 4. The third kappa shape index (κ3) is 9.98. The van der Waals surface area contributed by atoms with Gasteiger partial charge in [0.1, 0.15) is 47.3 Å². The van der Waals surface area contributed by atoms with Crippen molar-refractivity contribution >= 4 is 49.8 Å². The monoisotopic (exact) mass is 946 g/mol. The van der Waals surface area contributed by atoms with Crippen molar-refractivity contribution in [3.63, 3.8) is 0 Å². The van der Waals surface area contributed by atoms with Crippen molar-refractivity contribution in [1.82, 2.24) is 14.9 Å². The van der Waals surface area contributed by atoms with Gasteiger partial charge in [-0.2, -0.15) is 5.26 Å². The first-order chi connectivity index (χ1) is 32.0. The highest BCUT2D eigenvalue weighted by molar-refractivity contribution is 7.92. The minimum Gasteiger partial charge on any atom is -0.491 e. The number of halogens is 1. The van der Waals surface area contributed by atoms with Gasteiger partial charge in [0.25, 0.3) is 11.5 Å². The van der Waals surface area contributed by atoms with E-state index in [4.69, 9.17) is 30.5 Å². The molecule has 0 atom stereocenters. The van der Waals surface area contributed by atoms with Gasteiger partial charge in [-0.1, -0.05) is 45.4 Å². The number of carbonyl (C=O) groups excluding carboxylic acids is 1. The molecule has 0 bridgehead atoms. The molecule has 0 spiro atoms. The fraction of sp³-hybridized carbons (Fsp3) is 0.353. The summed E-state index contributed by atoms with van der Waals surface area (Å²) < 4.78 is 54.1. The van der Waals surface area contributed by atoms with Crippen molar-refractivity contribution in [1.29, 1.82) is 5.26 Å². The number of rotatable bonds is 16. The van der Waals surface area contributed by atoms with Crippen molar-refractivity contribution in [3.8, 4) is 40.2 Å². The molecule has 0 unspecified atom stereocenters. The van der Waals surface area contributed by atoms with Gasteiger partial charge in [0.15, 0.2) is 0 Å². The van der Waals surface area contributed by atoms with Crippen LogP contribution in [0.3, 0.4) is 0 Å². The summed E-state index contributed by atoms with van der Waals surface area (Å²) in [5, 5.41) is 13.5. The number of aromatic amines is 1. The Bertz CT molecular complexity index is 2990. The van der Waals surface area contributed by atoms with Crippen LogP contribution in [-0.2, 0) is 21.8 Å². The van der Waals surface area contributed by atoms with Crippen molar-refractivity contribution < 1.29 is 32.2 Å². The van der Waals surface area contributed by atoms with E-state index in [9.17, 15) is 23.3 Å². The number of aromatic nitrogens is 2. The van der Waals surface area contributed by atoms with Gasteiger partial charge >= 0.3 is 0 Å². The largest absolute Gasteiger partial charge is 0.491 e. The summed E-state index contributed by atoms with van der Waals surface area (Å²) in [5.74, 6) is 1.94. The smallest absolute Gasteiger partial charge is 0.274 e. The van der Waals surface area contributed by atoms with Crippen LogP contribution in [0.1, 0.15) is 63.4 Å². The molecule has 4 aromatic carbocycles. The highest BCUT2D eigenvalue weighted by Crippen LogP contribution is 2.55. The predicted octanol–water partition coefficient (Wildman–Crippen LogP) is 9.29. The van der Waals surface area contributed by atoms with Crippen LogP contribution in [0.2, 0.25) is 5.02 Å². The van der Waals surface area contributed by atoms with Gasteiger partial charge in [0, 0.05) is 95.0 Å². The number of nitrogens with zero attached hydrogens (tertiary/aromatic N) is 3. The van der Waals surface area contributed by atoms with E-state index in [2.05, 4.69) is 53.7 Å². The van der Waals surface area contributed by atoms with Gasteiger partial charge < -0.3 is 38.7 Å². The van der Waals surface area contributed by atoms with E-state index in [1.54, 1.807) is 68.8 Å². The van der Waals surface area contributed by atoms with Gasteiger partial charge in [-0.25, -0.2) is 8.42 Å². The van der Waals surface area contributed by atoms with Gasteiger partial charge in [0.2, 0.25) is 10.0 Å². The lowest BCUT2D eigenvalue weighted by Crippen LogP contribution is -2.74. The summed E-state index contributed by atoms with van der Waals surface area (Å²) in [6, 6.07) is 28.9. The number of fused-ring (bicyclic) bond motifs is 1. The molecule has 1 aliphatic carbocycles. The lowest BCUT2D eigenvalue weighted by atomic mass is 9.49. The maximum Gasteiger partial charge on any atom is 0.274 e. The molecule has 1 saturated heterocycles. The summed E-state index contributed by atoms with van der Waals surface area (Å²) >= 11 is 6.26. The number of hydrogen-bond donors (Lipinski definition) is 3. The molecule has 1 aliphatic heterocycles. The van der Waals surface area contributed by atoms with Gasteiger partial charge in [0.05, 0.1) is 29.0 Å². The average Bonchev–Trinajstić information content (AvgIpc) is 3.81. The second-order valence-electron chi connectivity index (χ2n) is 18.3. The van der Waals surface area contributed by atoms with E-state index in [0.717, 1.165) is 31.6 Å². The molecule has 0 radical (unpaired) electrons. The number of nitrogens with one attached hydrogen (secondary N) is 3. The molecule has 14 nitrogen and oxygen atoms in total. The van der Waals surface area contributed by atoms with E-state index in [1.165, 1.54) is 4.57 Å². The van der Waals surface area contributed by atoms with Crippen molar-refractivity contribution in [2.75, 3.05) is 41.7 Å². The molecule has 6 aromatic rings. The van der Waals surface area contributed by atoms with Crippen molar-refractivity contribution in [3.05, 3.63) is 130 Å². The number of sulfonamides is 1. The number of ether oxygens (including phenoxy) is 4. The highest BCUT2D eigenvalue weighted by atomic mass is 35.5. The normalized spacial score (nSPS) is 17.9. The number of amides is 1. The number of anilines is 2. The molecule has 67 heavy (non-hydrogen) atoms. The van der Waals surface area contributed by atoms with Crippen LogP contribution in [0.25, 0.3) is 22.0 Å². The Morgan fingerprint density at radius 3 is 2.34 bits per heavy atom. The quantitative estimate of drug-likeness (QED) is 0.0793. The number of nitriles is 1. The lowest BCUT2D eigenvalue weighted by Gasteiger charge is -2.63. The molecule has 8 rings (SSSR count). The average molecular weight is 948 g/mol. The molecule has 2 fully saturated rings. The zero-order valence-electron chi connectivity index (χ0n) is 38.4. The minimum absolute atomic E-state index is 0.0845. The number of hydrogen-bond acceptors (Lipinski definition) is 10. The number of carbonyl (C=O) groups is 1. The Labute approximate surface area is 395 Å². The number of pyridine rings is 1. The second-order valence-corrected chi connectivity index (χ2v) is 20.7. The Hall–Kier alpha value is -6.47. The fourth-order valence-electron chi connectivity index (χ4n) is 9.67. The molecule has 1 saturated carbocycles. The molecular weight excluding hydrogens is 892 g/mol. The molecule has 350 valence electrons. The summed E-state index contributed by atoms with van der Waals surface area (Å²) in [5.41, 5.74) is 3.19. The third-order valence-corrected chi connectivity index (χ3v) is 14.5. The first-order valence-electron chi connectivity index (χ1n) is 22.3. The zero-order chi connectivity index (χ0) is 47.7. The van der Waals surface area contributed by atoms with E-state index in [1.807, 2.05) is 48.5 Å². The predicted molar refractivity (Wildman–Crippen MR) is 261 cm³/mol. The van der Waals surface area contributed by atoms with E-state index in [-0.39, 0.29) is 46.3 Å². The molecule has 3 N–H and O–H groups in total. The lowest BCUT2D eigenvalue weighted by molar-refractivity contribution is -0.164. The first kappa shape index (κ1) is 47.0. The van der Waals surface area contributed by atoms with Gasteiger partial charge in [-0.15, -0.1) is 0 Å². The van der Waals surface area contributed by atoms with Gasteiger partial charge in [-0.05, 0) is 92.6 Å². The number of H-pyrrole nitrogens is 1. The second kappa shape index (κ2) is 19.0. The van der Waals surface area contributed by atoms with Crippen molar-refractivity contribution in [2.24, 2.45) is 17.9 Å². The summed E-state index contributed by atoms with van der Waals surface area (Å²) in [7, 11) is -1.89. The zero-order valence-corrected chi connectivity index (χ0v) is 40.0. The molecule has 2 aliphatic rings. The van der Waals surface area contributed by atoms with Crippen LogP contribution in [0.4, 0.5) is 11.4 Å². The molecule has 16 heteroatoms. The SMILES string of the molecule is CCS(=O)(=O)Nc1ccc(Oc2cccc(OCCOC3CCN(c4ccc(C(=O)NC5C(C)(C)C(Oc6ccc(C#N)c(Cl)c6)C5(C)C)cc4)CC3)c2)c(-c2cn(C)c(=O)c3[nH]ccc23)c1. The minimum atomic E-state index is -3.55. The number of piperidine rings is 1. The highest BCUT2D eigenvalue weighted by Gasteiger charge is 2.64. The standard InChI is InChI=1S/C51H55ClN6O8S/c1-7-67(61,62)56-34-14-18-44(41(27-34)42-31-57(6)47(60)45-40(42)19-22-54-45)65-38-10-8-9-37(28-38)64-26-25-63-36-20-23-58(24-21-36)35-15-11-32(12-16-35)46(59)55-48-50(2,3)49(51(48,4)5)66-39-17-13-33(30-53)43(52)29-39/h8-19,22,27-29,31,36,48-49,54,56H,7,20-21,23-26H2,1-6H3,(H,55,59). The molecular formula is C51H55ClN6O8S. The molecule has 2 aromatic heterocycles. The Morgan fingerprint density at radius 1 is 0.910 bits per heavy atom. The molecule has 1 amide bonds. The van der Waals surface area contributed by atoms with E-state index < -0.39 is 10.0 Å². The van der Waals surface area contributed by atoms with Crippen molar-refractivity contribution in [2.45, 2.75) is 65.7 Å². The first-order valence-corrected chi connectivity index (χ1v) is 24.4. The topological polar surface area (TPSA) is 177 Å². The summed E-state index contributed by atoms with van der Waals surface area (Å²) in [4.78, 5) is 31.7. The van der Waals surface area contributed by atoms with Crippen LogP contribution >= 0.6 is 11.6 Å². The molecule has 3 heterocycles. The van der Waals surface area contributed by atoms with Crippen LogP contribution in [0.15, 0.2) is 108 Å². The maximum atomic E-state index is 13.5. The van der Waals surface area contributed by atoms with E-state index in [0.29, 0.717) is 80.1 Å². The van der Waals surface area contributed by atoms with Crippen LogP contribution in [0.5, 0.6) is 23.0 Å². The van der Waals surface area contributed by atoms with Crippen LogP contribution in [0, 0.1) is 22.2 Å². The van der Waals surface area contributed by atoms with Gasteiger partial charge in [-0.3, -0.25) is 14.3 Å². The third-order valence-electron chi connectivity index (χ3n) is 12.9. The van der Waals surface area contributed by atoms with E-state index >= 15 is 0 Å². The Morgan fingerprint density at radius 2 is 1.64 bits per heavy atom. The Balaban J connectivity index is 0.816.